The Kier molecular flexibility index (Phi) is 6.78. The van der Waals surface area contributed by atoms with Gasteiger partial charge in [-0.25, -0.2) is 4.98 Å². The Bertz CT molecular complexity index is 1330. The first-order valence-corrected chi connectivity index (χ1v) is 11.5. The Labute approximate surface area is 190 Å². The molecule has 1 amide bonds. The monoisotopic (exact) mass is 459 g/mol. The van der Waals surface area contributed by atoms with E-state index in [1.165, 1.54) is 6.20 Å². The molecule has 0 aliphatic heterocycles. The molecule has 2 unspecified atom stereocenters. The lowest BCUT2D eigenvalue weighted by Gasteiger charge is -2.20. The molecule has 0 aliphatic rings. The van der Waals surface area contributed by atoms with Crippen LogP contribution in [0.25, 0.3) is 11.5 Å². The number of hydrogen-bond donors (Lipinski definition) is 3. The molecule has 0 aliphatic carbocycles. The molecule has 8 nitrogen and oxygen atoms in total. The van der Waals surface area contributed by atoms with Crippen LogP contribution in [-0.2, 0) is 10.7 Å². The Balaban J connectivity index is 1.62. The van der Waals surface area contributed by atoms with Crippen molar-refractivity contribution in [2.45, 2.75) is 12.2 Å². The Morgan fingerprint density at radius 2 is 1.67 bits per heavy atom. The van der Waals surface area contributed by atoms with Gasteiger partial charge >= 0.3 is 8.03 Å². The van der Waals surface area contributed by atoms with E-state index >= 15 is 0 Å². The molecule has 3 N–H and O–H groups in total. The summed E-state index contributed by atoms with van der Waals surface area (Å²) in [5.74, 6) is -0.303. The lowest BCUT2D eigenvalue weighted by molar-refractivity contribution is 0.0941. The summed E-state index contributed by atoms with van der Waals surface area (Å²) in [6, 6.07) is 21.1. The molecular formula is C24H20N4O4P+. The molecular weight excluding hydrogens is 439 g/mol. The zero-order valence-corrected chi connectivity index (χ0v) is 18.3. The van der Waals surface area contributed by atoms with Crippen LogP contribution in [0.5, 0.6) is 0 Å². The van der Waals surface area contributed by atoms with Crippen molar-refractivity contribution in [2.75, 3.05) is 0 Å². The second-order valence-corrected chi connectivity index (χ2v) is 8.28. The van der Waals surface area contributed by atoms with Crippen molar-refractivity contribution in [3.05, 3.63) is 118 Å². The molecule has 0 radical (unpaired) electrons. The van der Waals surface area contributed by atoms with Crippen molar-refractivity contribution in [3.8, 4) is 11.5 Å². The van der Waals surface area contributed by atoms with Gasteiger partial charge in [-0.2, -0.15) is 4.89 Å². The third-order valence-corrected chi connectivity index (χ3v) is 5.63. The molecule has 0 bridgehead atoms. The van der Waals surface area contributed by atoms with Gasteiger partial charge in [0, 0.05) is 18.0 Å². The molecule has 2 atom stereocenters. The quantitative estimate of drug-likeness (QED) is 0.363. The fraction of sp³-hybridized carbons (Fsp3) is 0.0833. The maximum atomic E-state index is 13.0. The molecule has 33 heavy (non-hydrogen) atoms. The van der Waals surface area contributed by atoms with Gasteiger partial charge in [0.05, 0.1) is 6.04 Å². The second-order valence-electron chi connectivity index (χ2n) is 7.26. The zero-order valence-electron chi connectivity index (χ0n) is 17.4. The summed E-state index contributed by atoms with van der Waals surface area (Å²) in [4.78, 5) is 45.7. The molecule has 164 valence electrons. The maximum Gasteiger partial charge on any atom is 0.510 e. The summed E-state index contributed by atoms with van der Waals surface area (Å²) in [5, 5.41) is 2.90. The minimum absolute atomic E-state index is 0.0572. The summed E-state index contributed by atoms with van der Waals surface area (Å²) in [5.41, 5.74) is 2.10. The summed E-state index contributed by atoms with van der Waals surface area (Å²) in [6.45, 7) is 0. The highest BCUT2D eigenvalue weighted by Gasteiger charge is 2.21. The molecule has 2 heterocycles. The first-order valence-electron chi connectivity index (χ1n) is 10.1. The van der Waals surface area contributed by atoms with Gasteiger partial charge in [-0.1, -0.05) is 60.7 Å². The van der Waals surface area contributed by atoms with Gasteiger partial charge in [-0.05, 0) is 27.8 Å². The number of nitrogens with zero attached hydrogens (tertiary/aromatic N) is 2. The molecule has 0 saturated carbocycles. The fourth-order valence-corrected chi connectivity index (χ4v) is 3.90. The number of benzene rings is 2. The summed E-state index contributed by atoms with van der Waals surface area (Å²) >= 11 is 0. The highest BCUT2D eigenvalue weighted by molar-refractivity contribution is 7.37. The molecule has 2 aromatic carbocycles. The molecule has 9 heteroatoms. The van der Waals surface area contributed by atoms with Gasteiger partial charge in [0.15, 0.2) is 5.82 Å². The lowest BCUT2D eigenvalue weighted by Crippen LogP contribution is -2.33. The summed E-state index contributed by atoms with van der Waals surface area (Å²) in [6.07, 6.45) is 2.88. The van der Waals surface area contributed by atoms with Crippen LogP contribution in [0.1, 0.15) is 33.1 Å². The minimum atomic E-state index is -2.28. The van der Waals surface area contributed by atoms with E-state index in [9.17, 15) is 14.2 Å². The molecule has 2 aromatic heterocycles. The van der Waals surface area contributed by atoms with Crippen LogP contribution < -0.4 is 10.9 Å². The highest BCUT2D eigenvalue weighted by Crippen LogP contribution is 2.26. The van der Waals surface area contributed by atoms with E-state index in [0.29, 0.717) is 11.3 Å². The van der Waals surface area contributed by atoms with E-state index in [1.807, 2.05) is 30.3 Å². The summed E-state index contributed by atoms with van der Waals surface area (Å²) < 4.78 is 11.1. The number of rotatable bonds is 7. The van der Waals surface area contributed by atoms with E-state index in [2.05, 4.69) is 20.3 Å². The SMILES string of the molecule is O=C(NC(c1ccccc1)c1ccc(C[P+](=O)O)cc1)c1cnc(-c2ccccn2)[nH]c1=O. The van der Waals surface area contributed by atoms with Crippen LogP contribution in [0.15, 0.2) is 90.0 Å². The number of carbonyl (C=O) groups is 1. The van der Waals surface area contributed by atoms with E-state index in [-0.39, 0.29) is 17.5 Å². The standard InChI is InChI=1S/C24H19N4O4P/c29-23(19-14-26-22(28-24(19)30)20-8-4-5-13-25-20)27-21(17-6-2-1-3-7-17)18-11-9-16(10-12-18)15-33(31)32/h1-14,21H,15H2,(H2-,26,27,28,29,30,31,32)/p+1. The van der Waals surface area contributed by atoms with Crippen molar-refractivity contribution >= 4 is 13.9 Å². The minimum Gasteiger partial charge on any atom is -0.341 e. The summed E-state index contributed by atoms with van der Waals surface area (Å²) in [7, 11) is -2.28. The zero-order chi connectivity index (χ0) is 23.2. The largest absolute Gasteiger partial charge is 0.510 e. The van der Waals surface area contributed by atoms with Gasteiger partial charge in [0.1, 0.15) is 11.3 Å². The van der Waals surface area contributed by atoms with Crippen molar-refractivity contribution in [1.82, 2.24) is 20.3 Å². The molecule has 0 saturated heterocycles. The van der Waals surface area contributed by atoms with Crippen molar-refractivity contribution in [1.29, 1.82) is 0 Å². The van der Waals surface area contributed by atoms with Crippen LogP contribution in [0.2, 0.25) is 0 Å². The lowest BCUT2D eigenvalue weighted by atomic mass is 9.97. The molecule has 4 rings (SSSR count). The average molecular weight is 459 g/mol. The normalized spacial score (nSPS) is 12.1. The third kappa shape index (κ3) is 5.44. The van der Waals surface area contributed by atoms with Crippen molar-refractivity contribution < 1.29 is 14.3 Å². The van der Waals surface area contributed by atoms with Crippen LogP contribution in [0.3, 0.4) is 0 Å². The van der Waals surface area contributed by atoms with Crippen LogP contribution >= 0.6 is 8.03 Å². The number of nitrogens with one attached hydrogen (secondary N) is 2. The van der Waals surface area contributed by atoms with Crippen LogP contribution in [-0.4, -0.2) is 25.8 Å². The van der Waals surface area contributed by atoms with Gasteiger partial charge in [-0.15, -0.1) is 0 Å². The van der Waals surface area contributed by atoms with Gasteiger partial charge in [0.2, 0.25) is 6.16 Å². The maximum absolute atomic E-state index is 13.0. The number of aromatic nitrogens is 3. The van der Waals surface area contributed by atoms with Gasteiger partial charge in [-0.3, -0.25) is 14.6 Å². The first-order chi connectivity index (χ1) is 16.0. The second kappa shape index (κ2) is 10.1. The highest BCUT2D eigenvalue weighted by atomic mass is 31.1. The number of H-pyrrole nitrogens is 1. The van der Waals surface area contributed by atoms with E-state index in [1.54, 1.807) is 48.7 Å². The predicted molar refractivity (Wildman–Crippen MR) is 124 cm³/mol. The van der Waals surface area contributed by atoms with Gasteiger partial charge in [0.25, 0.3) is 11.5 Å². The van der Waals surface area contributed by atoms with E-state index in [4.69, 9.17) is 4.89 Å². The first kappa shape index (κ1) is 22.2. The van der Waals surface area contributed by atoms with E-state index < -0.39 is 25.5 Å². The number of pyridine rings is 1. The molecule has 0 fully saturated rings. The predicted octanol–water partition coefficient (Wildman–Crippen LogP) is 3.59. The topological polar surface area (TPSA) is 125 Å². The average Bonchev–Trinajstić information content (AvgIpc) is 2.84. The van der Waals surface area contributed by atoms with Crippen molar-refractivity contribution in [2.24, 2.45) is 0 Å². The number of aromatic amines is 1. The van der Waals surface area contributed by atoms with Crippen molar-refractivity contribution in [3.63, 3.8) is 0 Å². The smallest absolute Gasteiger partial charge is 0.341 e. The molecule has 0 spiro atoms. The number of hydrogen-bond acceptors (Lipinski definition) is 5. The van der Waals surface area contributed by atoms with E-state index in [0.717, 1.165) is 11.1 Å². The number of amides is 1. The third-order valence-electron chi connectivity index (χ3n) is 4.99. The fourth-order valence-electron chi connectivity index (χ4n) is 3.37. The van der Waals surface area contributed by atoms with Gasteiger partial charge < -0.3 is 10.3 Å². The van der Waals surface area contributed by atoms with Crippen LogP contribution in [0, 0.1) is 0 Å². The Morgan fingerprint density at radius 1 is 0.970 bits per heavy atom. The molecule has 4 aromatic rings. The Hall–Kier alpha value is -4.00. The van der Waals surface area contributed by atoms with Crippen LogP contribution in [0.4, 0.5) is 0 Å². The number of carbonyl (C=O) groups excluding carboxylic acids is 1. The Morgan fingerprint density at radius 3 is 2.30 bits per heavy atom.